The van der Waals surface area contributed by atoms with E-state index in [1.54, 1.807) is 6.33 Å². The number of rotatable bonds is 4. The highest BCUT2D eigenvalue weighted by molar-refractivity contribution is 6.45. The smallest absolute Gasteiger partial charge is 0.376 e. The molecule has 1 fully saturated rings. The van der Waals surface area contributed by atoms with Crippen LogP contribution in [0.3, 0.4) is 0 Å². The molecule has 3 aromatic rings. The molecule has 32 heavy (non-hydrogen) atoms. The van der Waals surface area contributed by atoms with Crippen LogP contribution in [0.2, 0.25) is 6.82 Å². The van der Waals surface area contributed by atoms with Gasteiger partial charge in [0.2, 0.25) is 0 Å². The van der Waals surface area contributed by atoms with Crippen molar-refractivity contribution in [3.8, 4) is 0 Å². The molecule has 8 heteroatoms. The largest absolute Gasteiger partial charge is 0.437 e. The molecule has 0 amide bonds. The second-order valence-corrected chi connectivity index (χ2v) is 8.68. The Morgan fingerprint density at radius 2 is 1.91 bits per heavy atom. The highest BCUT2D eigenvalue weighted by Crippen LogP contribution is 2.42. The Morgan fingerprint density at radius 1 is 1.12 bits per heavy atom. The zero-order valence-corrected chi connectivity index (χ0v) is 18.6. The summed E-state index contributed by atoms with van der Waals surface area (Å²) >= 11 is 0. The highest BCUT2D eigenvalue weighted by atomic mass is 16.2. The Bertz CT molecular complexity index is 1130. The van der Waals surface area contributed by atoms with Crippen LogP contribution >= 0.6 is 0 Å². The summed E-state index contributed by atoms with van der Waals surface area (Å²) in [6.45, 7) is 5.22. The van der Waals surface area contributed by atoms with Gasteiger partial charge >= 0.3 is 7.05 Å². The summed E-state index contributed by atoms with van der Waals surface area (Å²) in [6.07, 6.45) is 7.71. The van der Waals surface area contributed by atoms with E-state index in [9.17, 15) is 5.02 Å². The summed E-state index contributed by atoms with van der Waals surface area (Å²) in [4.78, 5) is 13.7. The third-order valence-electron chi connectivity index (χ3n) is 6.76. The molecule has 0 spiro atoms. The molecule has 0 bridgehead atoms. The van der Waals surface area contributed by atoms with Gasteiger partial charge in [0.15, 0.2) is 0 Å². The maximum Gasteiger partial charge on any atom is 0.376 e. The lowest BCUT2D eigenvalue weighted by atomic mass is 9.84. The molecule has 164 valence electrons. The zero-order chi connectivity index (χ0) is 22.2. The lowest BCUT2D eigenvalue weighted by Gasteiger charge is -2.40. The summed E-state index contributed by atoms with van der Waals surface area (Å²) in [5, 5.41) is 10.0. The van der Waals surface area contributed by atoms with Crippen molar-refractivity contribution in [2.45, 2.75) is 18.9 Å². The van der Waals surface area contributed by atoms with Crippen molar-refractivity contribution >= 4 is 18.7 Å². The molecule has 2 aromatic heterocycles. The van der Waals surface area contributed by atoms with Crippen LogP contribution in [0.5, 0.6) is 0 Å². The number of benzene rings is 1. The van der Waals surface area contributed by atoms with E-state index >= 15 is 0 Å². The van der Waals surface area contributed by atoms with Gasteiger partial charge in [0.25, 0.3) is 0 Å². The summed E-state index contributed by atoms with van der Waals surface area (Å²) < 4.78 is 1.98. The van der Waals surface area contributed by atoms with Crippen LogP contribution in [0.25, 0.3) is 11.6 Å². The van der Waals surface area contributed by atoms with E-state index in [0.29, 0.717) is 0 Å². The minimum atomic E-state index is -0.422. The van der Waals surface area contributed by atoms with E-state index in [1.165, 1.54) is 5.56 Å². The highest BCUT2D eigenvalue weighted by Gasteiger charge is 2.34. The Balaban J connectivity index is 1.62. The van der Waals surface area contributed by atoms with Gasteiger partial charge in [-0.05, 0) is 41.2 Å². The molecule has 1 aliphatic heterocycles. The molecular formula is C24H29BN6O. The molecule has 0 saturated carbocycles. The van der Waals surface area contributed by atoms with Crippen LogP contribution in [0.4, 0.5) is 0 Å². The van der Waals surface area contributed by atoms with Gasteiger partial charge in [0.05, 0.1) is 36.0 Å². The summed E-state index contributed by atoms with van der Waals surface area (Å²) in [5.74, 6) is 0. The van der Waals surface area contributed by atoms with Crippen molar-refractivity contribution in [1.29, 1.82) is 0 Å². The van der Waals surface area contributed by atoms with Crippen LogP contribution < -0.4 is 5.73 Å². The fraction of sp³-hybridized carbons (Fsp3) is 0.333. The molecule has 3 heterocycles. The number of nitrogens with two attached hydrogens (primary N) is 1. The Labute approximate surface area is 189 Å². The fourth-order valence-electron chi connectivity index (χ4n) is 4.99. The molecular weight excluding hydrogens is 399 g/mol. The van der Waals surface area contributed by atoms with Gasteiger partial charge < -0.3 is 20.1 Å². The lowest BCUT2D eigenvalue weighted by molar-refractivity contribution is 0.144. The normalized spacial score (nSPS) is 20.1. The Hall–Kier alpha value is -2.78. The van der Waals surface area contributed by atoms with E-state index in [4.69, 9.17) is 10.7 Å². The zero-order valence-electron chi connectivity index (χ0n) is 18.6. The number of aryl methyl sites for hydroxylation is 1. The number of hydrogen-bond donors (Lipinski definition) is 2. The standard InChI is InChI=1S/C24H29BN6O/c1-25(32)31-12-10-30(11-13-31)24-19-8-4-3-7-18(19)20(14-17-6-5-9-28-23(17)24)22(26)21-15-27-16-29(21)2/h3-9,14-16,22,24,32H,10-13,26H2,1-2H3/t22?,24-/m0/s1. The average Bonchev–Trinajstić information content (AvgIpc) is 3.18. The molecule has 1 unspecified atom stereocenters. The van der Waals surface area contributed by atoms with Crippen molar-refractivity contribution in [3.05, 3.63) is 83.2 Å². The molecule has 2 atom stereocenters. The van der Waals surface area contributed by atoms with Crippen LogP contribution in [0, 0.1) is 0 Å². The predicted octanol–water partition coefficient (Wildman–Crippen LogP) is 2.19. The predicted molar refractivity (Wildman–Crippen MR) is 128 cm³/mol. The van der Waals surface area contributed by atoms with Crippen molar-refractivity contribution in [2.75, 3.05) is 26.2 Å². The maximum atomic E-state index is 10.0. The van der Waals surface area contributed by atoms with Gasteiger partial charge in [-0.3, -0.25) is 9.88 Å². The molecule has 3 N–H and O–H groups in total. The molecule has 5 rings (SSSR count). The van der Waals surface area contributed by atoms with E-state index < -0.39 is 7.05 Å². The van der Waals surface area contributed by atoms with Gasteiger partial charge in [0.1, 0.15) is 0 Å². The average molecular weight is 428 g/mol. The van der Waals surface area contributed by atoms with E-state index in [1.807, 2.05) is 36.9 Å². The number of aromatic nitrogens is 3. The van der Waals surface area contributed by atoms with Crippen LogP contribution in [-0.2, 0) is 7.05 Å². The van der Waals surface area contributed by atoms with Gasteiger partial charge in [0, 0.05) is 39.4 Å². The summed E-state index contributed by atoms with van der Waals surface area (Å²) in [7, 11) is 1.56. The van der Waals surface area contributed by atoms with Crippen LogP contribution in [-0.4, -0.2) is 62.5 Å². The third kappa shape index (κ3) is 3.69. The number of hydrogen-bond acceptors (Lipinski definition) is 6. The number of piperazine rings is 1. The molecule has 2 aliphatic rings. The fourth-order valence-corrected chi connectivity index (χ4v) is 4.99. The Kier molecular flexibility index (Phi) is 5.69. The first-order chi connectivity index (χ1) is 15.5. The van der Waals surface area contributed by atoms with Crippen molar-refractivity contribution in [3.63, 3.8) is 0 Å². The number of fused-ring (bicyclic) bond motifs is 2. The minimum Gasteiger partial charge on any atom is -0.437 e. The molecule has 0 radical (unpaired) electrons. The lowest BCUT2D eigenvalue weighted by Crippen LogP contribution is -2.52. The second kappa shape index (κ2) is 8.63. The first kappa shape index (κ1) is 21.1. The number of imidazole rings is 1. The van der Waals surface area contributed by atoms with Crippen LogP contribution in [0.15, 0.2) is 55.1 Å². The van der Waals surface area contributed by atoms with E-state index in [-0.39, 0.29) is 12.1 Å². The van der Waals surface area contributed by atoms with Crippen molar-refractivity contribution in [2.24, 2.45) is 12.8 Å². The van der Waals surface area contributed by atoms with Crippen LogP contribution in [0.1, 0.15) is 40.2 Å². The van der Waals surface area contributed by atoms with Gasteiger partial charge in [-0.1, -0.05) is 30.3 Å². The molecule has 1 saturated heterocycles. The second-order valence-electron chi connectivity index (χ2n) is 8.68. The van der Waals surface area contributed by atoms with E-state index in [0.717, 1.165) is 54.3 Å². The molecule has 1 aromatic carbocycles. The first-order valence-corrected chi connectivity index (χ1v) is 11.2. The van der Waals surface area contributed by atoms with Gasteiger partial charge in [-0.2, -0.15) is 0 Å². The Morgan fingerprint density at radius 3 is 2.62 bits per heavy atom. The van der Waals surface area contributed by atoms with Gasteiger partial charge in [-0.15, -0.1) is 0 Å². The quantitative estimate of drug-likeness (QED) is 0.620. The summed E-state index contributed by atoms with van der Waals surface area (Å²) in [6, 6.07) is 12.4. The van der Waals surface area contributed by atoms with Gasteiger partial charge in [-0.25, -0.2) is 4.98 Å². The summed E-state index contributed by atoms with van der Waals surface area (Å²) in [5.41, 5.74) is 13.4. The minimum absolute atomic E-state index is 0.0334. The topological polar surface area (TPSA) is 83.4 Å². The molecule has 1 aliphatic carbocycles. The molecule has 7 nitrogen and oxygen atoms in total. The SMILES string of the molecule is CB(O)N1CCN([C@H]2c3ccccc3C(C(N)c3cncn3C)=Cc3cccnc32)CC1. The number of pyridine rings is 1. The first-order valence-electron chi connectivity index (χ1n) is 11.2. The monoisotopic (exact) mass is 428 g/mol. The third-order valence-corrected chi connectivity index (χ3v) is 6.76. The van der Waals surface area contributed by atoms with Crippen molar-refractivity contribution < 1.29 is 5.02 Å². The van der Waals surface area contributed by atoms with Crippen molar-refractivity contribution in [1.82, 2.24) is 24.2 Å². The van der Waals surface area contributed by atoms with E-state index in [2.05, 4.69) is 51.1 Å². The maximum absolute atomic E-state index is 10.0. The number of nitrogens with zero attached hydrogens (tertiary/aromatic N) is 5.